The van der Waals surface area contributed by atoms with E-state index in [-0.39, 0.29) is 18.6 Å². The second-order valence-corrected chi connectivity index (χ2v) is 7.25. The molecule has 122 valence electrons. The van der Waals surface area contributed by atoms with Gasteiger partial charge in [0, 0.05) is 12.6 Å². The smallest absolute Gasteiger partial charge is 0.315 e. The molecule has 5 nitrogen and oxygen atoms in total. The summed E-state index contributed by atoms with van der Waals surface area (Å²) in [4.78, 5) is 23.4. The highest BCUT2D eigenvalue weighted by Gasteiger charge is 2.39. The van der Waals surface area contributed by atoms with Crippen LogP contribution in [0, 0.1) is 5.41 Å². The number of carbonyl (C=O) groups is 2. The fourth-order valence-corrected chi connectivity index (χ4v) is 3.50. The van der Waals surface area contributed by atoms with Crippen molar-refractivity contribution in [3.8, 4) is 0 Å². The SMILES string of the molecule is CCSCCC(C)NC(=O)NCC1(C(=O)O)CCCCC1. The Bertz CT molecular complexity index is 344. The summed E-state index contributed by atoms with van der Waals surface area (Å²) in [7, 11) is 0. The second-order valence-electron chi connectivity index (χ2n) is 5.86. The first-order valence-electron chi connectivity index (χ1n) is 7.85. The lowest BCUT2D eigenvalue weighted by molar-refractivity contribution is -0.150. The minimum atomic E-state index is -0.783. The van der Waals surface area contributed by atoms with Crippen molar-refractivity contribution in [1.82, 2.24) is 10.6 Å². The highest BCUT2D eigenvalue weighted by molar-refractivity contribution is 7.99. The Morgan fingerprint density at radius 2 is 1.95 bits per heavy atom. The molecule has 0 radical (unpaired) electrons. The lowest BCUT2D eigenvalue weighted by Gasteiger charge is -2.33. The van der Waals surface area contributed by atoms with Crippen LogP contribution in [0.25, 0.3) is 0 Å². The van der Waals surface area contributed by atoms with Crippen LogP contribution in [0.1, 0.15) is 52.4 Å². The van der Waals surface area contributed by atoms with Gasteiger partial charge in [-0.3, -0.25) is 4.79 Å². The fraction of sp³-hybridized carbons (Fsp3) is 0.867. The van der Waals surface area contributed by atoms with Crippen LogP contribution < -0.4 is 10.6 Å². The van der Waals surface area contributed by atoms with Crippen molar-refractivity contribution in [2.75, 3.05) is 18.1 Å². The van der Waals surface area contributed by atoms with Crippen molar-refractivity contribution in [3.63, 3.8) is 0 Å². The average Bonchev–Trinajstić information content (AvgIpc) is 2.46. The van der Waals surface area contributed by atoms with Crippen LogP contribution in [0.15, 0.2) is 0 Å². The molecule has 3 N–H and O–H groups in total. The maximum absolute atomic E-state index is 11.9. The van der Waals surface area contributed by atoms with Gasteiger partial charge in [-0.25, -0.2) is 4.79 Å². The van der Waals surface area contributed by atoms with Crippen molar-refractivity contribution in [1.29, 1.82) is 0 Å². The van der Waals surface area contributed by atoms with E-state index in [2.05, 4.69) is 17.6 Å². The number of hydrogen-bond donors (Lipinski definition) is 3. The molecule has 1 aliphatic carbocycles. The first-order valence-corrected chi connectivity index (χ1v) is 9.01. The molecule has 1 aliphatic rings. The van der Waals surface area contributed by atoms with E-state index in [1.807, 2.05) is 18.7 Å². The first-order chi connectivity index (χ1) is 10.00. The van der Waals surface area contributed by atoms with Crippen LogP contribution in [0.3, 0.4) is 0 Å². The van der Waals surface area contributed by atoms with Gasteiger partial charge in [0.25, 0.3) is 0 Å². The lowest BCUT2D eigenvalue weighted by atomic mass is 9.74. The predicted molar refractivity (Wildman–Crippen MR) is 86.8 cm³/mol. The second kappa shape index (κ2) is 9.18. The van der Waals surface area contributed by atoms with E-state index in [4.69, 9.17) is 0 Å². The molecule has 0 spiro atoms. The normalized spacial score (nSPS) is 18.8. The number of carbonyl (C=O) groups excluding carboxylic acids is 1. The molecule has 0 aromatic rings. The number of thioether (sulfide) groups is 1. The maximum Gasteiger partial charge on any atom is 0.315 e. The van der Waals surface area contributed by atoms with Crippen LogP contribution in [0.4, 0.5) is 4.79 Å². The van der Waals surface area contributed by atoms with E-state index >= 15 is 0 Å². The van der Waals surface area contributed by atoms with Crippen molar-refractivity contribution < 1.29 is 14.7 Å². The summed E-state index contributed by atoms with van der Waals surface area (Å²) in [5.74, 6) is 1.33. The quantitative estimate of drug-likeness (QED) is 0.602. The zero-order valence-electron chi connectivity index (χ0n) is 13.1. The Morgan fingerprint density at radius 3 is 2.52 bits per heavy atom. The highest BCUT2D eigenvalue weighted by Crippen LogP contribution is 2.35. The Hall–Kier alpha value is -0.910. The van der Waals surface area contributed by atoms with Gasteiger partial charge in [0.1, 0.15) is 0 Å². The number of rotatable bonds is 8. The maximum atomic E-state index is 11.9. The van der Waals surface area contributed by atoms with Gasteiger partial charge in [-0.05, 0) is 37.7 Å². The summed E-state index contributed by atoms with van der Waals surface area (Å²) in [5.41, 5.74) is -0.767. The zero-order chi connectivity index (χ0) is 15.7. The number of amides is 2. The monoisotopic (exact) mass is 316 g/mol. The predicted octanol–water partition coefficient (Wildman–Crippen LogP) is 2.85. The Morgan fingerprint density at radius 1 is 1.29 bits per heavy atom. The van der Waals surface area contributed by atoms with E-state index in [1.165, 1.54) is 0 Å². The third kappa shape index (κ3) is 6.16. The summed E-state index contributed by atoms with van der Waals surface area (Å²) in [6.07, 6.45) is 5.19. The Labute approximate surface area is 131 Å². The van der Waals surface area contributed by atoms with Gasteiger partial charge in [-0.2, -0.15) is 11.8 Å². The number of carboxylic acid groups (broad SMARTS) is 1. The first kappa shape index (κ1) is 18.1. The minimum absolute atomic E-state index is 0.108. The molecule has 1 atom stereocenters. The van der Waals surface area contributed by atoms with Crippen molar-refractivity contribution in [2.24, 2.45) is 5.41 Å². The number of aliphatic carboxylic acids is 1. The van der Waals surface area contributed by atoms with Crippen LogP contribution in [0.5, 0.6) is 0 Å². The molecule has 0 aromatic heterocycles. The highest BCUT2D eigenvalue weighted by atomic mass is 32.2. The van der Waals surface area contributed by atoms with E-state index in [0.717, 1.165) is 37.2 Å². The summed E-state index contributed by atoms with van der Waals surface area (Å²) in [6, 6.07) is -0.147. The fourth-order valence-electron chi connectivity index (χ4n) is 2.70. The van der Waals surface area contributed by atoms with Gasteiger partial charge in [0.05, 0.1) is 5.41 Å². The molecule has 0 aromatic carbocycles. The molecule has 1 fully saturated rings. The van der Waals surface area contributed by atoms with Gasteiger partial charge >= 0.3 is 12.0 Å². The molecular formula is C15H28N2O3S. The summed E-state index contributed by atoms with van der Waals surface area (Å²) < 4.78 is 0. The largest absolute Gasteiger partial charge is 0.481 e. The molecule has 6 heteroatoms. The number of nitrogens with one attached hydrogen (secondary N) is 2. The van der Waals surface area contributed by atoms with E-state index in [1.54, 1.807) is 0 Å². The standard InChI is InChI=1S/C15H28N2O3S/c1-3-21-10-7-12(2)17-14(20)16-11-15(13(18)19)8-5-4-6-9-15/h12H,3-11H2,1-2H3,(H,18,19)(H2,16,17,20). The minimum Gasteiger partial charge on any atom is -0.481 e. The number of hydrogen-bond acceptors (Lipinski definition) is 3. The van der Waals surface area contributed by atoms with Gasteiger partial charge < -0.3 is 15.7 Å². The Kier molecular flexibility index (Phi) is 7.93. The van der Waals surface area contributed by atoms with Crippen molar-refractivity contribution in [2.45, 2.75) is 58.4 Å². The van der Waals surface area contributed by atoms with Crippen LogP contribution in [-0.2, 0) is 4.79 Å². The Balaban J connectivity index is 2.34. The molecule has 2 amide bonds. The van der Waals surface area contributed by atoms with Crippen molar-refractivity contribution >= 4 is 23.8 Å². The summed E-state index contributed by atoms with van der Waals surface area (Å²) >= 11 is 1.85. The molecular weight excluding hydrogens is 288 g/mol. The third-order valence-corrected chi connectivity index (χ3v) is 5.06. The molecule has 1 rings (SSSR count). The molecule has 0 bridgehead atoms. The van der Waals surface area contributed by atoms with E-state index in [0.29, 0.717) is 12.8 Å². The van der Waals surface area contributed by atoms with Gasteiger partial charge in [0.15, 0.2) is 0 Å². The van der Waals surface area contributed by atoms with Crippen molar-refractivity contribution in [3.05, 3.63) is 0 Å². The van der Waals surface area contributed by atoms with Gasteiger partial charge in [-0.15, -0.1) is 0 Å². The molecule has 0 heterocycles. The zero-order valence-corrected chi connectivity index (χ0v) is 13.9. The summed E-state index contributed by atoms with van der Waals surface area (Å²) in [5, 5.41) is 15.1. The third-order valence-electron chi connectivity index (χ3n) is 4.13. The van der Waals surface area contributed by atoms with Crippen LogP contribution in [0.2, 0.25) is 0 Å². The van der Waals surface area contributed by atoms with Crippen LogP contribution >= 0.6 is 11.8 Å². The lowest BCUT2D eigenvalue weighted by Crippen LogP contribution is -2.48. The van der Waals surface area contributed by atoms with Gasteiger partial charge in [-0.1, -0.05) is 26.2 Å². The topological polar surface area (TPSA) is 78.4 Å². The summed E-state index contributed by atoms with van der Waals surface area (Å²) in [6.45, 7) is 4.32. The average molecular weight is 316 g/mol. The number of urea groups is 1. The van der Waals surface area contributed by atoms with Gasteiger partial charge in [0.2, 0.25) is 0 Å². The molecule has 1 unspecified atom stereocenters. The van der Waals surface area contributed by atoms with E-state index < -0.39 is 11.4 Å². The molecule has 0 aliphatic heterocycles. The number of carboxylic acids is 1. The molecule has 1 saturated carbocycles. The van der Waals surface area contributed by atoms with Crippen LogP contribution in [-0.4, -0.2) is 41.2 Å². The molecule has 21 heavy (non-hydrogen) atoms. The molecule has 0 saturated heterocycles. The van der Waals surface area contributed by atoms with E-state index in [9.17, 15) is 14.7 Å².